The number of carbonyl (C=O) groups is 2. The highest BCUT2D eigenvalue weighted by Crippen LogP contribution is 2.31. The summed E-state index contributed by atoms with van der Waals surface area (Å²) in [5.41, 5.74) is 1.35. The number of thioether (sulfide) groups is 1. The second kappa shape index (κ2) is 12.6. The molecule has 36 heavy (non-hydrogen) atoms. The van der Waals surface area contributed by atoms with Gasteiger partial charge in [-0.3, -0.25) is 9.59 Å². The monoisotopic (exact) mass is 527 g/mol. The van der Waals surface area contributed by atoms with Gasteiger partial charge in [0.25, 0.3) is 5.91 Å². The molecule has 2 amide bonds. The van der Waals surface area contributed by atoms with Gasteiger partial charge in [-0.2, -0.15) is 0 Å². The molecule has 0 bridgehead atoms. The lowest BCUT2D eigenvalue weighted by Crippen LogP contribution is -2.48. The van der Waals surface area contributed by atoms with Gasteiger partial charge in [-0.15, -0.1) is 10.2 Å². The highest BCUT2D eigenvalue weighted by molar-refractivity contribution is 8.01. The van der Waals surface area contributed by atoms with Crippen LogP contribution in [0.5, 0.6) is 11.5 Å². The van der Waals surface area contributed by atoms with Crippen molar-refractivity contribution in [3.63, 3.8) is 0 Å². The molecule has 9 nitrogen and oxygen atoms in total. The van der Waals surface area contributed by atoms with Crippen molar-refractivity contribution in [2.45, 2.75) is 18.2 Å². The molecule has 0 unspecified atom stereocenters. The predicted molar refractivity (Wildman–Crippen MR) is 143 cm³/mol. The lowest BCUT2D eigenvalue weighted by molar-refractivity contribution is -0.113. The van der Waals surface area contributed by atoms with Crippen molar-refractivity contribution in [3.05, 3.63) is 54.1 Å². The molecular weight excluding hydrogens is 498 g/mol. The molecule has 2 aromatic carbocycles. The number of hydrogen-bond acceptors (Lipinski definition) is 9. The lowest BCUT2D eigenvalue weighted by Gasteiger charge is -2.34. The van der Waals surface area contributed by atoms with Gasteiger partial charge in [0.2, 0.25) is 11.0 Å². The van der Waals surface area contributed by atoms with Gasteiger partial charge in [-0.25, -0.2) is 0 Å². The molecule has 0 spiro atoms. The summed E-state index contributed by atoms with van der Waals surface area (Å²) in [6.45, 7) is 7.33. The van der Waals surface area contributed by atoms with E-state index in [1.165, 1.54) is 23.1 Å². The number of carbonyl (C=O) groups excluding carboxylic acids is 2. The number of ether oxygens (including phenoxy) is 2. The molecule has 2 heterocycles. The van der Waals surface area contributed by atoms with E-state index in [0.717, 1.165) is 15.2 Å². The number of benzene rings is 2. The summed E-state index contributed by atoms with van der Waals surface area (Å²) >= 11 is 2.82. The highest BCUT2D eigenvalue weighted by atomic mass is 32.2. The van der Waals surface area contributed by atoms with E-state index in [1.54, 1.807) is 18.2 Å². The van der Waals surface area contributed by atoms with Crippen molar-refractivity contribution in [2.24, 2.45) is 0 Å². The predicted octanol–water partition coefficient (Wildman–Crippen LogP) is 4.03. The summed E-state index contributed by atoms with van der Waals surface area (Å²) in [5, 5.41) is 12.2. The van der Waals surface area contributed by atoms with Crippen LogP contribution in [0.3, 0.4) is 0 Å². The maximum atomic E-state index is 13.1. The zero-order valence-electron chi connectivity index (χ0n) is 20.3. The van der Waals surface area contributed by atoms with Crippen LogP contribution >= 0.6 is 23.1 Å². The molecule has 0 radical (unpaired) electrons. The minimum atomic E-state index is -0.0862. The van der Waals surface area contributed by atoms with E-state index in [2.05, 4.69) is 20.4 Å². The Labute approximate surface area is 218 Å². The molecule has 1 aliphatic rings. The highest BCUT2D eigenvalue weighted by Gasteiger charge is 2.25. The van der Waals surface area contributed by atoms with Crippen molar-refractivity contribution in [2.75, 3.05) is 55.4 Å². The molecule has 11 heteroatoms. The van der Waals surface area contributed by atoms with E-state index in [9.17, 15) is 9.59 Å². The van der Waals surface area contributed by atoms with E-state index in [4.69, 9.17) is 9.47 Å². The Morgan fingerprint density at radius 1 is 0.972 bits per heavy atom. The standard InChI is InChI=1S/C25H29N5O4S2/c1-3-33-20-11-10-18(16-21(20)34-4-2)23(32)29-12-14-30(15-13-29)24-27-28-25(36-24)35-17-22(31)26-19-8-6-5-7-9-19/h5-11,16H,3-4,12-15,17H2,1-2H3,(H,26,31). The second-order valence-electron chi connectivity index (χ2n) is 7.86. The third-order valence-corrected chi connectivity index (χ3v) is 7.53. The van der Waals surface area contributed by atoms with Crippen LogP contribution in [0.4, 0.5) is 10.8 Å². The van der Waals surface area contributed by atoms with Gasteiger partial charge in [0.15, 0.2) is 15.8 Å². The zero-order chi connectivity index (χ0) is 25.3. The number of anilines is 2. The fourth-order valence-corrected chi connectivity index (χ4v) is 5.39. The molecule has 0 saturated carbocycles. The van der Waals surface area contributed by atoms with Crippen molar-refractivity contribution >= 4 is 45.7 Å². The Morgan fingerprint density at radius 2 is 1.69 bits per heavy atom. The van der Waals surface area contributed by atoms with Crippen LogP contribution < -0.4 is 19.7 Å². The van der Waals surface area contributed by atoms with Gasteiger partial charge < -0.3 is 24.6 Å². The Hall–Kier alpha value is -3.31. The average Bonchev–Trinajstić information content (AvgIpc) is 3.38. The Balaban J connectivity index is 1.28. The van der Waals surface area contributed by atoms with Gasteiger partial charge in [0.1, 0.15) is 0 Å². The van der Waals surface area contributed by atoms with Crippen LogP contribution in [0.2, 0.25) is 0 Å². The number of para-hydroxylation sites is 1. The van der Waals surface area contributed by atoms with Crippen LogP contribution in [0.25, 0.3) is 0 Å². The number of nitrogens with zero attached hydrogens (tertiary/aromatic N) is 4. The molecule has 1 aromatic heterocycles. The van der Waals surface area contributed by atoms with Crippen molar-refractivity contribution in [1.82, 2.24) is 15.1 Å². The number of rotatable bonds is 10. The summed E-state index contributed by atoms with van der Waals surface area (Å²) in [6.07, 6.45) is 0. The van der Waals surface area contributed by atoms with Crippen LogP contribution in [-0.4, -0.2) is 72.1 Å². The normalized spacial score (nSPS) is 13.4. The van der Waals surface area contributed by atoms with E-state index in [0.29, 0.717) is 56.5 Å². The maximum absolute atomic E-state index is 13.1. The minimum absolute atomic E-state index is 0.0309. The van der Waals surface area contributed by atoms with Crippen LogP contribution in [0, 0.1) is 0 Å². The molecule has 0 atom stereocenters. The molecule has 0 aliphatic carbocycles. The van der Waals surface area contributed by atoms with Crippen LogP contribution in [0.15, 0.2) is 52.9 Å². The second-order valence-corrected chi connectivity index (χ2v) is 10.0. The van der Waals surface area contributed by atoms with E-state index >= 15 is 0 Å². The van der Waals surface area contributed by atoms with Gasteiger partial charge in [-0.1, -0.05) is 41.3 Å². The van der Waals surface area contributed by atoms with Crippen LogP contribution in [-0.2, 0) is 4.79 Å². The average molecular weight is 528 g/mol. The molecule has 1 saturated heterocycles. The number of nitrogens with one attached hydrogen (secondary N) is 1. The van der Waals surface area contributed by atoms with Crippen LogP contribution in [0.1, 0.15) is 24.2 Å². The molecule has 190 valence electrons. The van der Waals surface area contributed by atoms with Crippen molar-refractivity contribution in [1.29, 1.82) is 0 Å². The third-order valence-electron chi connectivity index (χ3n) is 5.41. The maximum Gasteiger partial charge on any atom is 0.254 e. The van der Waals surface area contributed by atoms with Gasteiger partial charge in [0, 0.05) is 37.4 Å². The molecule has 1 N–H and O–H groups in total. The van der Waals surface area contributed by atoms with Crippen molar-refractivity contribution in [3.8, 4) is 11.5 Å². The quantitative estimate of drug-likeness (QED) is 0.395. The number of aromatic nitrogens is 2. The summed E-state index contributed by atoms with van der Waals surface area (Å²) in [7, 11) is 0. The number of hydrogen-bond donors (Lipinski definition) is 1. The van der Waals surface area contributed by atoms with Gasteiger partial charge in [-0.05, 0) is 44.2 Å². The Kier molecular flexibility index (Phi) is 9.01. The molecule has 1 fully saturated rings. The molecule has 4 rings (SSSR count). The number of piperazine rings is 1. The van der Waals surface area contributed by atoms with E-state index < -0.39 is 0 Å². The fraction of sp³-hybridized carbons (Fsp3) is 0.360. The largest absolute Gasteiger partial charge is 0.490 e. The molecular formula is C25H29N5O4S2. The summed E-state index contributed by atoms with van der Waals surface area (Å²) in [5.74, 6) is 1.37. The zero-order valence-corrected chi connectivity index (χ0v) is 21.9. The SMILES string of the molecule is CCOc1ccc(C(=O)N2CCN(c3nnc(SCC(=O)Nc4ccccc4)s3)CC2)cc1OCC. The topological polar surface area (TPSA) is 96.9 Å². The first-order valence-electron chi connectivity index (χ1n) is 11.8. The molecule has 1 aliphatic heterocycles. The Bertz CT molecular complexity index is 1170. The smallest absolute Gasteiger partial charge is 0.254 e. The first-order valence-corrected chi connectivity index (χ1v) is 13.6. The van der Waals surface area contributed by atoms with E-state index in [-0.39, 0.29) is 17.6 Å². The van der Waals surface area contributed by atoms with Gasteiger partial charge in [0.05, 0.1) is 19.0 Å². The van der Waals surface area contributed by atoms with Crippen molar-refractivity contribution < 1.29 is 19.1 Å². The van der Waals surface area contributed by atoms with E-state index in [1.807, 2.05) is 49.1 Å². The third kappa shape index (κ3) is 6.67. The summed E-state index contributed by atoms with van der Waals surface area (Å²) in [6, 6.07) is 14.7. The summed E-state index contributed by atoms with van der Waals surface area (Å²) in [4.78, 5) is 29.2. The number of amides is 2. The summed E-state index contributed by atoms with van der Waals surface area (Å²) < 4.78 is 12.0. The first-order chi connectivity index (χ1) is 17.6. The van der Waals surface area contributed by atoms with Gasteiger partial charge >= 0.3 is 0 Å². The molecule has 3 aromatic rings. The lowest BCUT2D eigenvalue weighted by atomic mass is 10.1. The minimum Gasteiger partial charge on any atom is -0.490 e. The first kappa shape index (κ1) is 25.8. The Morgan fingerprint density at radius 3 is 2.42 bits per heavy atom. The fourth-order valence-electron chi connectivity index (χ4n) is 3.70.